The Kier molecular flexibility index (Phi) is 7.97. The summed E-state index contributed by atoms with van der Waals surface area (Å²) in [4.78, 5) is 0. The average molecular weight is 369 g/mol. The molecule has 0 saturated heterocycles. The SMILES string of the molecule is CCCCCC(C1CC(C)C(O)C(N)C1C)C1CC(C)C(O)C(N)C1C. The predicted molar refractivity (Wildman–Crippen MR) is 108 cm³/mol. The monoisotopic (exact) mass is 368 g/mol. The van der Waals surface area contributed by atoms with E-state index in [0.717, 1.165) is 12.8 Å². The fraction of sp³-hybridized carbons (Fsp3) is 1.00. The molecule has 0 aromatic rings. The van der Waals surface area contributed by atoms with Crippen molar-refractivity contribution < 1.29 is 10.2 Å². The van der Waals surface area contributed by atoms with Gasteiger partial charge in [-0.05, 0) is 60.7 Å². The third-order valence-corrected chi connectivity index (χ3v) is 8.05. The van der Waals surface area contributed by atoms with Gasteiger partial charge in [-0.15, -0.1) is 0 Å². The second-order valence-electron chi connectivity index (χ2n) is 9.77. The van der Waals surface area contributed by atoms with Crippen molar-refractivity contribution in [1.29, 1.82) is 0 Å². The molecule has 0 radical (unpaired) electrons. The molecular weight excluding hydrogens is 324 g/mol. The van der Waals surface area contributed by atoms with Crippen molar-refractivity contribution in [3.05, 3.63) is 0 Å². The number of hydrogen-bond acceptors (Lipinski definition) is 4. The zero-order valence-corrected chi connectivity index (χ0v) is 17.6. The van der Waals surface area contributed by atoms with Crippen molar-refractivity contribution in [2.24, 2.45) is 52.9 Å². The van der Waals surface area contributed by atoms with E-state index in [1.807, 2.05) is 0 Å². The van der Waals surface area contributed by atoms with Crippen LogP contribution in [0.1, 0.15) is 73.1 Å². The zero-order valence-electron chi connectivity index (χ0n) is 17.6. The van der Waals surface area contributed by atoms with Crippen molar-refractivity contribution in [1.82, 2.24) is 0 Å². The minimum absolute atomic E-state index is 0.131. The fourth-order valence-corrected chi connectivity index (χ4v) is 6.02. The molecule has 0 heterocycles. The quantitative estimate of drug-likeness (QED) is 0.542. The van der Waals surface area contributed by atoms with Gasteiger partial charge in [0.1, 0.15) is 0 Å². The van der Waals surface area contributed by atoms with E-state index in [1.165, 1.54) is 25.7 Å². The Morgan fingerprint density at radius 3 is 1.62 bits per heavy atom. The Morgan fingerprint density at radius 2 is 1.23 bits per heavy atom. The first kappa shape index (κ1) is 22.1. The van der Waals surface area contributed by atoms with E-state index < -0.39 is 0 Å². The molecule has 10 atom stereocenters. The maximum absolute atomic E-state index is 10.4. The Balaban J connectivity index is 2.25. The van der Waals surface area contributed by atoms with Crippen LogP contribution in [0.3, 0.4) is 0 Å². The lowest BCUT2D eigenvalue weighted by atomic mass is 9.57. The summed E-state index contributed by atoms with van der Waals surface area (Å²) in [6.45, 7) is 11.0. The summed E-state index contributed by atoms with van der Waals surface area (Å²) >= 11 is 0. The van der Waals surface area contributed by atoms with Gasteiger partial charge in [0.05, 0.1) is 12.2 Å². The topological polar surface area (TPSA) is 92.5 Å². The Labute approximate surface area is 161 Å². The minimum atomic E-state index is -0.385. The summed E-state index contributed by atoms with van der Waals surface area (Å²) in [6, 6.07) is -0.263. The molecule has 0 aliphatic heterocycles. The molecule has 2 rings (SSSR count). The van der Waals surface area contributed by atoms with Crippen molar-refractivity contribution in [3.63, 3.8) is 0 Å². The Bertz CT molecular complexity index is 398. The van der Waals surface area contributed by atoms with Gasteiger partial charge in [-0.3, -0.25) is 0 Å². The summed E-state index contributed by atoms with van der Waals surface area (Å²) < 4.78 is 0. The standard InChI is InChI=1S/C22H44N2O2/c1-6-7-8-9-16(17-10-12(2)21(25)19(23)14(17)4)18-11-13(3)22(26)20(24)15(18)5/h12-22,25-26H,6-11,23-24H2,1-5H3. The molecule has 0 bridgehead atoms. The first-order chi connectivity index (χ1) is 12.2. The van der Waals surface area contributed by atoms with Crippen LogP contribution in [0.4, 0.5) is 0 Å². The van der Waals surface area contributed by atoms with Crippen LogP contribution in [0, 0.1) is 41.4 Å². The zero-order chi connectivity index (χ0) is 19.6. The summed E-state index contributed by atoms with van der Waals surface area (Å²) in [5.74, 6) is 2.86. The smallest absolute Gasteiger partial charge is 0.0719 e. The van der Waals surface area contributed by atoms with Gasteiger partial charge in [-0.2, -0.15) is 0 Å². The van der Waals surface area contributed by atoms with Crippen LogP contribution in [0.25, 0.3) is 0 Å². The largest absolute Gasteiger partial charge is 0.391 e. The van der Waals surface area contributed by atoms with Crippen molar-refractivity contribution >= 4 is 0 Å². The third-order valence-electron chi connectivity index (χ3n) is 8.05. The fourth-order valence-electron chi connectivity index (χ4n) is 6.02. The second-order valence-corrected chi connectivity index (χ2v) is 9.77. The molecule has 0 spiro atoms. The van der Waals surface area contributed by atoms with E-state index in [-0.39, 0.29) is 36.1 Å². The molecule has 0 aromatic carbocycles. The van der Waals surface area contributed by atoms with Gasteiger partial charge in [-0.1, -0.05) is 53.9 Å². The summed E-state index contributed by atoms with van der Waals surface area (Å²) in [5.41, 5.74) is 12.8. The molecule has 2 saturated carbocycles. The van der Waals surface area contributed by atoms with Gasteiger partial charge in [0, 0.05) is 12.1 Å². The number of aliphatic hydroxyl groups is 2. The molecule has 10 unspecified atom stereocenters. The molecule has 4 nitrogen and oxygen atoms in total. The number of rotatable bonds is 6. The maximum atomic E-state index is 10.4. The molecule has 2 aliphatic rings. The molecule has 26 heavy (non-hydrogen) atoms. The maximum Gasteiger partial charge on any atom is 0.0719 e. The first-order valence-electron chi connectivity index (χ1n) is 11.1. The van der Waals surface area contributed by atoms with E-state index in [0.29, 0.717) is 29.6 Å². The van der Waals surface area contributed by atoms with E-state index in [9.17, 15) is 10.2 Å². The Morgan fingerprint density at radius 1 is 0.808 bits per heavy atom. The summed E-state index contributed by atoms with van der Waals surface area (Å²) in [7, 11) is 0. The van der Waals surface area contributed by atoms with E-state index in [2.05, 4.69) is 34.6 Å². The highest BCUT2D eigenvalue weighted by Crippen LogP contribution is 2.48. The average Bonchev–Trinajstić information content (AvgIpc) is 2.62. The van der Waals surface area contributed by atoms with Crippen molar-refractivity contribution in [3.8, 4) is 0 Å². The van der Waals surface area contributed by atoms with Crippen LogP contribution < -0.4 is 11.5 Å². The van der Waals surface area contributed by atoms with Gasteiger partial charge in [-0.25, -0.2) is 0 Å². The van der Waals surface area contributed by atoms with Crippen LogP contribution in [0.15, 0.2) is 0 Å². The molecule has 154 valence electrons. The summed E-state index contributed by atoms with van der Waals surface area (Å²) in [5, 5.41) is 20.9. The number of aliphatic hydroxyl groups excluding tert-OH is 2. The molecule has 2 aliphatic carbocycles. The van der Waals surface area contributed by atoms with E-state index in [4.69, 9.17) is 11.5 Å². The summed E-state index contributed by atoms with van der Waals surface area (Å²) in [6.07, 6.45) is 6.33. The number of hydrogen-bond donors (Lipinski definition) is 4. The van der Waals surface area contributed by atoms with Crippen molar-refractivity contribution in [2.45, 2.75) is 97.4 Å². The van der Waals surface area contributed by atoms with E-state index in [1.54, 1.807) is 0 Å². The molecule has 0 amide bonds. The van der Waals surface area contributed by atoms with E-state index >= 15 is 0 Å². The lowest BCUT2D eigenvalue weighted by molar-refractivity contribution is -0.0583. The molecule has 0 aromatic heterocycles. The highest BCUT2D eigenvalue weighted by Gasteiger charge is 2.47. The molecule has 4 heteroatoms. The minimum Gasteiger partial charge on any atom is -0.391 e. The molecule has 6 N–H and O–H groups in total. The van der Waals surface area contributed by atoms with Gasteiger partial charge in [0.2, 0.25) is 0 Å². The van der Waals surface area contributed by atoms with Gasteiger partial charge >= 0.3 is 0 Å². The predicted octanol–water partition coefficient (Wildman–Crippen LogP) is 3.14. The third kappa shape index (κ3) is 4.45. The lowest BCUT2D eigenvalue weighted by Gasteiger charge is -2.51. The van der Waals surface area contributed by atoms with Gasteiger partial charge in [0.15, 0.2) is 0 Å². The first-order valence-corrected chi connectivity index (χ1v) is 11.1. The molecule has 2 fully saturated rings. The number of nitrogens with two attached hydrogens (primary N) is 2. The molecular formula is C22H44N2O2. The van der Waals surface area contributed by atoms with Crippen LogP contribution in [-0.4, -0.2) is 34.5 Å². The van der Waals surface area contributed by atoms with Crippen LogP contribution in [0.5, 0.6) is 0 Å². The van der Waals surface area contributed by atoms with Gasteiger partial charge < -0.3 is 21.7 Å². The van der Waals surface area contributed by atoms with Crippen LogP contribution >= 0.6 is 0 Å². The van der Waals surface area contributed by atoms with Gasteiger partial charge in [0.25, 0.3) is 0 Å². The van der Waals surface area contributed by atoms with Crippen LogP contribution in [-0.2, 0) is 0 Å². The van der Waals surface area contributed by atoms with Crippen LogP contribution in [0.2, 0.25) is 0 Å². The van der Waals surface area contributed by atoms with Crippen molar-refractivity contribution in [2.75, 3.05) is 0 Å². The lowest BCUT2D eigenvalue weighted by Crippen LogP contribution is -2.56. The Hall–Kier alpha value is -0.160. The normalized spacial score (nSPS) is 48.3. The highest BCUT2D eigenvalue weighted by molar-refractivity contribution is 4.99. The second kappa shape index (κ2) is 9.36. The number of unbranched alkanes of at least 4 members (excludes halogenated alkanes) is 2. The highest BCUT2D eigenvalue weighted by atomic mass is 16.3.